The zero-order chi connectivity index (χ0) is 13.5. The fourth-order valence-corrected chi connectivity index (χ4v) is 2.56. The molecule has 2 heterocycles. The number of carbonyl (C=O) groups excluding carboxylic acids is 1. The average Bonchev–Trinajstić information content (AvgIpc) is 2.83. The zero-order valence-corrected chi connectivity index (χ0v) is 11.3. The van der Waals surface area contributed by atoms with Gasteiger partial charge in [0.05, 0.1) is 12.2 Å². The number of hydrogen-bond acceptors (Lipinski definition) is 2. The second kappa shape index (κ2) is 4.38. The van der Waals surface area contributed by atoms with Crippen LogP contribution in [0.15, 0.2) is 30.5 Å². The van der Waals surface area contributed by atoms with E-state index in [9.17, 15) is 4.79 Å². The first-order valence-electron chi connectivity index (χ1n) is 6.56. The Balaban J connectivity index is 1.86. The van der Waals surface area contributed by atoms with E-state index in [1.807, 2.05) is 49.2 Å². The zero-order valence-electron chi connectivity index (χ0n) is 11.3. The van der Waals surface area contributed by atoms with Crippen LogP contribution in [0.25, 0.3) is 10.9 Å². The maximum Gasteiger partial charge on any atom is 0.254 e. The third kappa shape index (κ3) is 2.36. The van der Waals surface area contributed by atoms with Gasteiger partial charge in [-0.2, -0.15) is 0 Å². The van der Waals surface area contributed by atoms with Crippen LogP contribution in [0.3, 0.4) is 0 Å². The third-order valence-corrected chi connectivity index (χ3v) is 3.51. The Morgan fingerprint density at radius 2 is 2.21 bits per heavy atom. The van der Waals surface area contributed by atoms with E-state index < -0.39 is 0 Å². The number of rotatable bonds is 1. The van der Waals surface area contributed by atoms with Crippen LogP contribution in [-0.4, -0.2) is 41.1 Å². The summed E-state index contributed by atoms with van der Waals surface area (Å²) in [6.07, 6.45) is 1.89. The van der Waals surface area contributed by atoms with Crippen LogP contribution >= 0.6 is 0 Å². The highest BCUT2D eigenvalue weighted by Crippen LogP contribution is 2.20. The van der Waals surface area contributed by atoms with Gasteiger partial charge < -0.3 is 14.6 Å². The first-order valence-corrected chi connectivity index (χ1v) is 6.56. The Morgan fingerprint density at radius 1 is 1.37 bits per heavy atom. The van der Waals surface area contributed by atoms with Crippen LogP contribution in [0.1, 0.15) is 24.2 Å². The van der Waals surface area contributed by atoms with Crippen molar-refractivity contribution in [2.75, 3.05) is 19.7 Å². The smallest absolute Gasteiger partial charge is 0.254 e. The Labute approximate surface area is 112 Å². The Morgan fingerprint density at radius 3 is 3.00 bits per heavy atom. The molecule has 1 amide bonds. The van der Waals surface area contributed by atoms with Crippen molar-refractivity contribution in [1.29, 1.82) is 0 Å². The number of ether oxygens (including phenoxy) is 1. The quantitative estimate of drug-likeness (QED) is 0.853. The molecule has 1 N–H and O–H groups in total. The Hall–Kier alpha value is -1.81. The van der Waals surface area contributed by atoms with Crippen LogP contribution in [-0.2, 0) is 4.74 Å². The molecule has 1 saturated heterocycles. The van der Waals surface area contributed by atoms with E-state index in [4.69, 9.17) is 4.74 Å². The van der Waals surface area contributed by atoms with E-state index in [0.29, 0.717) is 19.7 Å². The Bertz CT molecular complexity index is 615. The molecule has 0 saturated carbocycles. The van der Waals surface area contributed by atoms with Crippen molar-refractivity contribution < 1.29 is 9.53 Å². The highest BCUT2D eigenvalue weighted by atomic mass is 16.5. The minimum absolute atomic E-state index is 0.0828. The summed E-state index contributed by atoms with van der Waals surface area (Å²) in [4.78, 5) is 17.5. The van der Waals surface area contributed by atoms with Gasteiger partial charge in [0, 0.05) is 35.8 Å². The number of benzene rings is 1. The molecular weight excluding hydrogens is 240 g/mol. The number of carbonyl (C=O) groups is 1. The molecule has 1 aromatic heterocycles. The van der Waals surface area contributed by atoms with Gasteiger partial charge in [0.25, 0.3) is 5.91 Å². The first-order chi connectivity index (χ1) is 9.05. The molecule has 3 rings (SSSR count). The number of nitrogens with one attached hydrogen (secondary N) is 1. The van der Waals surface area contributed by atoms with Gasteiger partial charge in [-0.3, -0.25) is 4.79 Å². The molecule has 2 aromatic rings. The predicted octanol–water partition coefficient (Wildman–Crippen LogP) is 2.42. The molecule has 0 atom stereocenters. The van der Waals surface area contributed by atoms with Gasteiger partial charge in [0.1, 0.15) is 0 Å². The van der Waals surface area contributed by atoms with E-state index in [2.05, 4.69) is 4.98 Å². The van der Waals surface area contributed by atoms with Crippen LogP contribution in [0.2, 0.25) is 0 Å². The van der Waals surface area contributed by atoms with Crippen molar-refractivity contribution in [3.8, 4) is 0 Å². The molecule has 1 aliphatic heterocycles. The van der Waals surface area contributed by atoms with Gasteiger partial charge in [-0.05, 0) is 38.1 Å². The molecule has 4 heteroatoms. The molecule has 1 fully saturated rings. The minimum atomic E-state index is -0.258. The Kier molecular flexibility index (Phi) is 2.82. The summed E-state index contributed by atoms with van der Waals surface area (Å²) >= 11 is 0. The van der Waals surface area contributed by atoms with Gasteiger partial charge in [-0.15, -0.1) is 0 Å². The number of H-pyrrole nitrogens is 1. The van der Waals surface area contributed by atoms with Crippen molar-refractivity contribution in [3.63, 3.8) is 0 Å². The molecule has 1 aromatic carbocycles. The summed E-state index contributed by atoms with van der Waals surface area (Å²) in [6, 6.07) is 7.75. The highest BCUT2D eigenvalue weighted by Gasteiger charge is 2.30. The summed E-state index contributed by atoms with van der Waals surface area (Å²) in [5.74, 6) is 0.0828. The summed E-state index contributed by atoms with van der Waals surface area (Å²) in [7, 11) is 0. The van der Waals surface area contributed by atoms with E-state index >= 15 is 0 Å². The summed E-state index contributed by atoms with van der Waals surface area (Å²) < 4.78 is 5.64. The largest absolute Gasteiger partial charge is 0.372 e. The van der Waals surface area contributed by atoms with Crippen molar-refractivity contribution in [3.05, 3.63) is 36.0 Å². The summed E-state index contributed by atoms with van der Waals surface area (Å²) in [5, 5.41) is 1.07. The number of amides is 1. The number of fused-ring (bicyclic) bond motifs is 1. The number of nitrogens with zero attached hydrogens (tertiary/aromatic N) is 1. The highest BCUT2D eigenvalue weighted by molar-refractivity contribution is 5.98. The molecule has 0 spiro atoms. The van der Waals surface area contributed by atoms with Crippen molar-refractivity contribution in [1.82, 2.24) is 9.88 Å². The number of aromatic nitrogens is 1. The fraction of sp³-hybridized carbons (Fsp3) is 0.400. The lowest BCUT2D eigenvalue weighted by Crippen LogP contribution is -2.50. The SMILES string of the molecule is CC1(C)CN(C(=O)c2ccc3[nH]ccc3c2)CCO1. The predicted molar refractivity (Wildman–Crippen MR) is 74.2 cm³/mol. The van der Waals surface area contributed by atoms with Crippen molar-refractivity contribution in [2.45, 2.75) is 19.4 Å². The van der Waals surface area contributed by atoms with Crippen LogP contribution < -0.4 is 0 Å². The number of morpholine rings is 1. The maximum absolute atomic E-state index is 12.5. The minimum Gasteiger partial charge on any atom is -0.372 e. The van der Waals surface area contributed by atoms with Crippen molar-refractivity contribution in [2.24, 2.45) is 0 Å². The fourth-order valence-electron chi connectivity index (χ4n) is 2.56. The molecule has 0 aliphatic carbocycles. The monoisotopic (exact) mass is 258 g/mol. The van der Waals surface area contributed by atoms with Crippen LogP contribution in [0.5, 0.6) is 0 Å². The van der Waals surface area contributed by atoms with Crippen LogP contribution in [0, 0.1) is 0 Å². The van der Waals surface area contributed by atoms with Gasteiger partial charge in [-0.25, -0.2) is 0 Å². The van der Waals surface area contributed by atoms with E-state index in [0.717, 1.165) is 16.5 Å². The van der Waals surface area contributed by atoms with Gasteiger partial charge in [-0.1, -0.05) is 0 Å². The van der Waals surface area contributed by atoms with E-state index in [1.54, 1.807) is 0 Å². The van der Waals surface area contributed by atoms with E-state index in [1.165, 1.54) is 0 Å². The lowest BCUT2D eigenvalue weighted by molar-refractivity contribution is -0.0763. The maximum atomic E-state index is 12.5. The molecule has 0 unspecified atom stereocenters. The lowest BCUT2D eigenvalue weighted by atomic mass is 10.1. The molecule has 0 bridgehead atoms. The molecule has 4 nitrogen and oxygen atoms in total. The van der Waals surface area contributed by atoms with Crippen LogP contribution in [0.4, 0.5) is 0 Å². The second-order valence-corrected chi connectivity index (χ2v) is 5.61. The topological polar surface area (TPSA) is 45.3 Å². The van der Waals surface area contributed by atoms with Gasteiger partial charge in [0.15, 0.2) is 0 Å². The molecule has 100 valence electrons. The summed E-state index contributed by atoms with van der Waals surface area (Å²) in [5.41, 5.74) is 1.54. The molecule has 1 aliphatic rings. The summed E-state index contributed by atoms with van der Waals surface area (Å²) in [6.45, 7) is 5.93. The third-order valence-electron chi connectivity index (χ3n) is 3.51. The molecule has 0 radical (unpaired) electrons. The molecule has 19 heavy (non-hydrogen) atoms. The van der Waals surface area contributed by atoms with Crippen molar-refractivity contribution >= 4 is 16.8 Å². The number of aromatic amines is 1. The standard InChI is InChI=1S/C15H18N2O2/c1-15(2)10-17(7-8-19-15)14(18)12-3-4-13-11(9-12)5-6-16-13/h3-6,9,16H,7-8,10H2,1-2H3. The van der Waals surface area contributed by atoms with E-state index in [-0.39, 0.29) is 11.5 Å². The molecular formula is C15H18N2O2. The lowest BCUT2D eigenvalue weighted by Gasteiger charge is -2.38. The number of hydrogen-bond donors (Lipinski definition) is 1. The van der Waals surface area contributed by atoms with Gasteiger partial charge in [0.2, 0.25) is 0 Å². The second-order valence-electron chi connectivity index (χ2n) is 5.61. The average molecular weight is 258 g/mol. The van der Waals surface area contributed by atoms with Gasteiger partial charge >= 0.3 is 0 Å². The first kappa shape index (κ1) is 12.2. The normalized spacial score (nSPS) is 18.7.